The number of rotatable bonds is 12. The number of hydrogen-bond donors (Lipinski definition) is 1. The van der Waals surface area contributed by atoms with Crippen molar-refractivity contribution in [3.63, 3.8) is 0 Å². The van der Waals surface area contributed by atoms with Crippen LogP contribution in [-0.2, 0) is 9.59 Å². The molecule has 1 fully saturated rings. The predicted octanol–water partition coefficient (Wildman–Crippen LogP) is 4.84. The van der Waals surface area contributed by atoms with Gasteiger partial charge in [0, 0.05) is 12.6 Å². The Bertz CT molecular complexity index is 707. The number of nitrogens with zero attached hydrogens (tertiary/aromatic N) is 1. The molecule has 1 atom stereocenters. The second-order valence-corrected chi connectivity index (χ2v) is 8.35. The molecule has 31 heavy (non-hydrogen) atoms. The molecule has 7 heteroatoms. The number of carbonyl (C=O) groups is 2. The molecule has 0 saturated heterocycles. The van der Waals surface area contributed by atoms with E-state index in [1.807, 2.05) is 19.1 Å². The molecule has 0 spiro atoms. The van der Waals surface area contributed by atoms with E-state index >= 15 is 0 Å². The summed E-state index contributed by atoms with van der Waals surface area (Å²) >= 11 is 5.93. The molecule has 1 aromatic rings. The minimum Gasteiger partial charge on any atom is -0.493 e. The second-order valence-electron chi connectivity index (χ2n) is 8.08. The van der Waals surface area contributed by atoms with Crippen LogP contribution in [0.1, 0.15) is 76.8 Å². The van der Waals surface area contributed by atoms with Crippen LogP contribution < -0.4 is 14.8 Å². The first-order chi connectivity index (χ1) is 15.0. The minimum absolute atomic E-state index is 0.150. The standard InChI is InChI=1S/C24H37ClN2O4/c1-4-6-14-27(22(28)17-25)23(24(29)26-19-10-8-7-9-11-19)18-12-13-20(31-15-5-2)21(16-18)30-3/h12-13,16,19,23H,4-11,14-15,17H2,1-3H3,(H,26,29)/t23-/m0/s1. The number of nitrogens with one attached hydrogen (secondary N) is 1. The van der Waals surface area contributed by atoms with Crippen LogP contribution in [0.5, 0.6) is 11.5 Å². The van der Waals surface area contributed by atoms with Crippen molar-refractivity contribution in [2.45, 2.75) is 77.3 Å². The summed E-state index contributed by atoms with van der Waals surface area (Å²) in [6.07, 6.45) is 7.99. The van der Waals surface area contributed by atoms with E-state index in [1.165, 1.54) is 6.42 Å². The number of carbonyl (C=O) groups excluding carboxylic acids is 2. The van der Waals surface area contributed by atoms with Crippen molar-refractivity contribution in [1.29, 1.82) is 0 Å². The Morgan fingerprint density at radius 1 is 1.16 bits per heavy atom. The molecule has 1 aliphatic carbocycles. The Morgan fingerprint density at radius 3 is 2.52 bits per heavy atom. The zero-order valence-corrected chi connectivity index (χ0v) is 19.9. The summed E-state index contributed by atoms with van der Waals surface area (Å²) in [5, 5.41) is 3.19. The van der Waals surface area contributed by atoms with Crippen LogP contribution in [0.3, 0.4) is 0 Å². The topological polar surface area (TPSA) is 67.9 Å². The fourth-order valence-corrected chi connectivity index (χ4v) is 4.14. The smallest absolute Gasteiger partial charge is 0.247 e. The molecular weight excluding hydrogens is 416 g/mol. The summed E-state index contributed by atoms with van der Waals surface area (Å²) in [6.45, 7) is 5.15. The van der Waals surface area contributed by atoms with Gasteiger partial charge in [-0.2, -0.15) is 0 Å². The van der Waals surface area contributed by atoms with Gasteiger partial charge in [-0.1, -0.05) is 45.6 Å². The van der Waals surface area contributed by atoms with Crippen LogP contribution in [0, 0.1) is 0 Å². The van der Waals surface area contributed by atoms with Gasteiger partial charge in [0.1, 0.15) is 11.9 Å². The van der Waals surface area contributed by atoms with Crippen LogP contribution in [0.4, 0.5) is 0 Å². The number of benzene rings is 1. The Labute approximate surface area is 191 Å². The molecule has 0 unspecified atom stereocenters. The van der Waals surface area contributed by atoms with Crippen LogP contribution in [0.15, 0.2) is 18.2 Å². The molecular formula is C24H37ClN2O4. The molecule has 2 rings (SSSR count). The maximum Gasteiger partial charge on any atom is 0.247 e. The molecule has 0 aromatic heterocycles. The second kappa shape index (κ2) is 13.5. The third kappa shape index (κ3) is 7.30. The van der Waals surface area contributed by atoms with Crippen molar-refractivity contribution in [2.75, 3.05) is 26.1 Å². The molecule has 0 bridgehead atoms. The number of halogens is 1. The fourth-order valence-electron chi connectivity index (χ4n) is 3.99. The maximum absolute atomic E-state index is 13.5. The highest BCUT2D eigenvalue weighted by atomic mass is 35.5. The number of ether oxygens (including phenoxy) is 2. The average Bonchev–Trinajstić information content (AvgIpc) is 2.80. The monoisotopic (exact) mass is 452 g/mol. The molecule has 6 nitrogen and oxygen atoms in total. The summed E-state index contributed by atoms with van der Waals surface area (Å²) in [5.41, 5.74) is 0.698. The van der Waals surface area contributed by atoms with Gasteiger partial charge in [0.15, 0.2) is 11.5 Å². The van der Waals surface area contributed by atoms with Crippen molar-refractivity contribution in [2.24, 2.45) is 0 Å². The van der Waals surface area contributed by atoms with Gasteiger partial charge in [-0.05, 0) is 43.4 Å². The molecule has 2 amide bonds. The van der Waals surface area contributed by atoms with Crippen LogP contribution in [0.2, 0.25) is 0 Å². The van der Waals surface area contributed by atoms with Crippen molar-refractivity contribution >= 4 is 23.4 Å². The molecule has 174 valence electrons. The number of alkyl halides is 1. The lowest BCUT2D eigenvalue weighted by atomic mass is 9.94. The van der Waals surface area contributed by atoms with Crippen molar-refractivity contribution in [3.8, 4) is 11.5 Å². The zero-order valence-electron chi connectivity index (χ0n) is 19.1. The predicted molar refractivity (Wildman–Crippen MR) is 124 cm³/mol. The Balaban J connectivity index is 2.39. The van der Waals surface area contributed by atoms with Gasteiger partial charge < -0.3 is 19.7 Å². The summed E-state index contributed by atoms with van der Waals surface area (Å²) < 4.78 is 11.3. The third-order valence-electron chi connectivity index (χ3n) is 5.66. The van der Waals surface area contributed by atoms with E-state index in [1.54, 1.807) is 18.1 Å². The number of methoxy groups -OCH3 is 1. The van der Waals surface area contributed by atoms with E-state index in [2.05, 4.69) is 12.2 Å². The van der Waals surface area contributed by atoms with Gasteiger partial charge in [-0.25, -0.2) is 0 Å². The van der Waals surface area contributed by atoms with Crippen molar-refractivity contribution < 1.29 is 19.1 Å². The largest absolute Gasteiger partial charge is 0.493 e. The number of hydrogen-bond acceptors (Lipinski definition) is 4. The van der Waals surface area contributed by atoms with E-state index in [0.29, 0.717) is 30.2 Å². The SMILES string of the molecule is CCCCN(C(=O)CCl)[C@H](C(=O)NC1CCCCC1)c1ccc(OCCC)c(OC)c1. The summed E-state index contributed by atoms with van der Waals surface area (Å²) in [7, 11) is 1.58. The number of unbranched alkanes of at least 4 members (excludes halogenated alkanes) is 1. The van der Waals surface area contributed by atoms with E-state index in [0.717, 1.165) is 44.9 Å². The first kappa shape index (κ1) is 25.3. The van der Waals surface area contributed by atoms with Gasteiger partial charge in [0.2, 0.25) is 11.8 Å². The molecule has 1 N–H and O–H groups in total. The van der Waals surface area contributed by atoms with Gasteiger partial charge in [-0.3, -0.25) is 9.59 Å². The third-order valence-corrected chi connectivity index (χ3v) is 5.89. The normalized spacial score (nSPS) is 15.2. The lowest BCUT2D eigenvalue weighted by Crippen LogP contribution is -2.47. The molecule has 1 aromatic carbocycles. The van der Waals surface area contributed by atoms with Crippen molar-refractivity contribution in [3.05, 3.63) is 23.8 Å². The molecule has 0 radical (unpaired) electrons. The minimum atomic E-state index is -0.756. The first-order valence-corrected chi connectivity index (χ1v) is 12.1. The summed E-state index contributed by atoms with van der Waals surface area (Å²) in [4.78, 5) is 27.8. The maximum atomic E-state index is 13.5. The zero-order chi connectivity index (χ0) is 22.6. The Kier molecular flexibility index (Phi) is 11.0. The quantitative estimate of drug-likeness (QED) is 0.460. The van der Waals surface area contributed by atoms with E-state index in [4.69, 9.17) is 21.1 Å². The van der Waals surface area contributed by atoms with Crippen LogP contribution in [0.25, 0.3) is 0 Å². The van der Waals surface area contributed by atoms with Crippen molar-refractivity contribution in [1.82, 2.24) is 10.2 Å². The average molecular weight is 453 g/mol. The van der Waals surface area contributed by atoms with Gasteiger partial charge in [0.05, 0.1) is 13.7 Å². The highest BCUT2D eigenvalue weighted by Crippen LogP contribution is 2.33. The first-order valence-electron chi connectivity index (χ1n) is 11.5. The van der Waals surface area contributed by atoms with Gasteiger partial charge >= 0.3 is 0 Å². The Morgan fingerprint density at radius 2 is 1.90 bits per heavy atom. The lowest BCUT2D eigenvalue weighted by Gasteiger charge is -2.33. The highest BCUT2D eigenvalue weighted by Gasteiger charge is 2.32. The lowest BCUT2D eigenvalue weighted by molar-refractivity contribution is -0.139. The molecule has 1 saturated carbocycles. The van der Waals surface area contributed by atoms with E-state index in [-0.39, 0.29) is 23.7 Å². The highest BCUT2D eigenvalue weighted by molar-refractivity contribution is 6.27. The van der Waals surface area contributed by atoms with Gasteiger partial charge in [-0.15, -0.1) is 11.6 Å². The van der Waals surface area contributed by atoms with E-state index in [9.17, 15) is 9.59 Å². The molecule has 0 aliphatic heterocycles. The van der Waals surface area contributed by atoms with E-state index < -0.39 is 6.04 Å². The molecule has 1 aliphatic rings. The summed E-state index contributed by atoms with van der Waals surface area (Å²) in [5.74, 6) is 0.611. The number of amides is 2. The fraction of sp³-hybridized carbons (Fsp3) is 0.667. The van der Waals surface area contributed by atoms with Gasteiger partial charge in [0.25, 0.3) is 0 Å². The Hall–Kier alpha value is -1.95. The summed E-state index contributed by atoms with van der Waals surface area (Å²) in [6, 6.07) is 4.86. The molecule has 0 heterocycles. The van der Waals surface area contributed by atoms with Crippen LogP contribution >= 0.6 is 11.6 Å². The van der Waals surface area contributed by atoms with Crippen LogP contribution in [-0.4, -0.2) is 48.9 Å².